The van der Waals surface area contributed by atoms with E-state index in [0.717, 1.165) is 0 Å². The Hall–Kier alpha value is -1.45. The van der Waals surface area contributed by atoms with Crippen molar-refractivity contribution >= 4 is 58.7 Å². The van der Waals surface area contributed by atoms with Crippen molar-refractivity contribution in [2.24, 2.45) is 5.92 Å². The molecule has 0 aromatic rings. The number of alkyl halides is 3. The third kappa shape index (κ3) is 9.58. The number of esters is 1. The minimum atomic E-state index is -1.75. The number of nitrogens with zero attached hydrogens (tertiary/aromatic N) is 1. The summed E-state index contributed by atoms with van der Waals surface area (Å²) in [7, 11) is 0. The molecule has 1 rings (SSSR count). The number of ether oxygens (including phenoxy) is 2. The summed E-state index contributed by atoms with van der Waals surface area (Å²) in [5.74, 6) is -1.93. The fourth-order valence-corrected chi connectivity index (χ4v) is 3.27. The number of rotatable bonds is 7. The van der Waals surface area contributed by atoms with Crippen LogP contribution in [0.3, 0.4) is 0 Å². The minimum Gasteiger partial charge on any atom is -0.460 e. The number of carbonyl (C=O) groups is 4. The Labute approximate surface area is 203 Å². The van der Waals surface area contributed by atoms with E-state index in [0.29, 0.717) is 19.4 Å². The Bertz CT molecular complexity index is 706. The van der Waals surface area contributed by atoms with Gasteiger partial charge in [-0.15, -0.1) is 0 Å². The molecule has 1 aliphatic heterocycles. The SMILES string of the molecule is CC(NC(=O)C(NC(=O)OC(C)(C)C)C(C)C)C(=O)N1CCCC1C(=O)OCC(Cl)(Cl)Cl. The van der Waals surface area contributed by atoms with E-state index in [2.05, 4.69) is 10.6 Å². The molecule has 1 aliphatic rings. The summed E-state index contributed by atoms with van der Waals surface area (Å²) in [5.41, 5.74) is -0.721. The van der Waals surface area contributed by atoms with Crippen LogP contribution in [0, 0.1) is 5.92 Å². The van der Waals surface area contributed by atoms with Gasteiger partial charge in [0.05, 0.1) is 0 Å². The van der Waals surface area contributed by atoms with Crippen molar-refractivity contribution in [1.82, 2.24) is 15.5 Å². The van der Waals surface area contributed by atoms with Crippen molar-refractivity contribution in [2.75, 3.05) is 13.2 Å². The lowest BCUT2D eigenvalue weighted by atomic mass is 10.0. The van der Waals surface area contributed by atoms with E-state index in [9.17, 15) is 19.2 Å². The molecule has 0 aliphatic carbocycles. The molecule has 1 heterocycles. The zero-order valence-electron chi connectivity index (χ0n) is 19.2. The largest absolute Gasteiger partial charge is 0.460 e. The zero-order valence-corrected chi connectivity index (χ0v) is 21.4. The molecular formula is C20H32Cl3N3O6. The van der Waals surface area contributed by atoms with Crippen LogP contribution in [0.15, 0.2) is 0 Å². The Morgan fingerprint density at radius 3 is 2.16 bits per heavy atom. The maximum atomic E-state index is 12.9. The molecule has 0 radical (unpaired) electrons. The van der Waals surface area contributed by atoms with Crippen LogP contribution in [0.25, 0.3) is 0 Å². The van der Waals surface area contributed by atoms with E-state index in [4.69, 9.17) is 44.3 Å². The molecule has 3 unspecified atom stereocenters. The maximum Gasteiger partial charge on any atom is 0.408 e. The molecule has 3 amide bonds. The van der Waals surface area contributed by atoms with Gasteiger partial charge in [0.25, 0.3) is 0 Å². The van der Waals surface area contributed by atoms with Gasteiger partial charge >= 0.3 is 12.1 Å². The molecule has 0 aromatic heterocycles. The lowest BCUT2D eigenvalue weighted by molar-refractivity contribution is -0.154. The summed E-state index contributed by atoms with van der Waals surface area (Å²) in [6, 6.07) is -2.68. The van der Waals surface area contributed by atoms with Gasteiger partial charge in [-0.05, 0) is 46.5 Å². The summed E-state index contributed by atoms with van der Waals surface area (Å²) in [6.07, 6.45) is 0.260. The molecule has 32 heavy (non-hydrogen) atoms. The van der Waals surface area contributed by atoms with Crippen LogP contribution in [-0.4, -0.2) is 69.4 Å². The summed E-state index contributed by atoms with van der Waals surface area (Å²) in [4.78, 5) is 51.4. The predicted octanol–water partition coefficient (Wildman–Crippen LogP) is 2.94. The third-order valence-electron chi connectivity index (χ3n) is 4.54. The average Bonchev–Trinajstić information content (AvgIpc) is 3.10. The van der Waals surface area contributed by atoms with Crippen LogP contribution in [0.5, 0.6) is 0 Å². The first-order valence-electron chi connectivity index (χ1n) is 10.4. The highest BCUT2D eigenvalue weighted by Gasteiger charge is 2.39. The van der Waals surface area contributed by atoms with Gasteiger partial charge in [0.15, 0.2) is 0 Å². The van der Waals surface area contributed by atoms with Crippen molar-refractivity contribution in [1.29, 1.82) is 0 Å². The van der Waals surface area contributed by atoms with Crippen molar-refractivity contribution in [3.63, 3.8) is 0 Å². The summed E-state index contributed by atoms with van der Waals surface area (Å²) >= 11 is 16.8. The van der Waals surface area contributed by atoms with Gasteiger partial charge in [-0.1, -0.05) is 48.7 Å². The van der Waals surface area contributed by atoms with Crippen LogP contribution in [0.1, 0.15) is 54.4 Å². The molecule has 1 fully saturated rings. The quantitative estimate of drug-likeness (QED) is 0.397. The van der Waals surface area contributed by atoms with Gasteiger partial charge in [-0.3, -0.25) is 9.59 Å². The fraction of sp³-hybridized carbons (Fsp3) is 0.800. The average molecular weight is 517 g/mol. The van der Waals surface area contributed by atoms with Crippen LogP contribution in [0.4, 0.5) is 4.79 Å². The van der Waals surface area contributed by atoms with Crippen molar-refractivity contribution in [3.05, 3.63) is 0 Å². The second-order valence-corrected chi connectivity index (χ2v) is 11.5. The highest BCUT2D eigenvalue weighted by atomic mass is 35.6. The Morgan fingerprint density at radius 2 is 1.66 bits per heavy atom. The standard InChI is InChI=1S/C20H32Cl3N3O6/c1-11(2)14(25-18(30)32-19(4,5)6)15(27)24-12(3)16(28)26-9-7-8-13(26)17(29)31-10-20(21,22)23/h11-14H,7-10H2,1-6H3,(H,24,27)(H,25,30). The van der Waals surface area contributed by atoms with Crippen LogP contribution in [-0.2, 0) is 23.9 Å². The van der Waals surface area contributed by atoms with E-state index < -0.39 is 58.0 Å². The van der Waals surface area contributed by atoms with Gasteiger partial charge in [0.2, 0.25) is 15.6 Å². The monoisotopic (exact) mass is 515 g/mol. The Morgan fingerprint density at radius 1 is 1.06 bits per heavy atom. The molecule has 2 N–H and O–H groups in total. The van der Waals surface area contributed by atoms with E-state index in [1.807, 2.05) is 0 Å². The summed E-state index contributed by atoms with van der Waals surface area (Å²) < 4.78 is 8.46. The van der Waals surface area contributed by atoms with Crippen molar-refractivity contribution in [2.45, 2.75) is 81.9 Å². The molecule has 9 nitrogen and oxygen atoms in total. The number of carbonyl (C=O) groups excluding carboxylic acids is 4. The molecule has 0 saturated carbocycles. The van der Waals surface area contributed by atoms with E-state index in [-0.39, 0.29) is 5.92 Å². The molecular weight excluding hydrogens is 485 g/mol. The van der Waals surface area contributed by atoms with Crippen LogP contribution < -0.4 is 10.6 Å². The fourth-order valence-electron chi connectivity index (χ4n) is 3.11. The number of nitrogens with one attached hydrogen (secondary N) is 2. The van der Waals surface area contributed by atoms with Crippen LogP contribution in [0.2, 0.25) is 0 Å². The number of alkyl carbamates (subject to hydrolysis) is 1. The van der Waals surface area contributed by atoms with Gasteiger partial charge in [-0.25, -0.2) is 9.59 Å². The number of hydrogen-bond acceptors (Lipinski definition) is 6. The first-order chi connectivity index (χ1) is 14.5. The minimum absolute atomic E-state index is 0.263. The molecule has 0 bridgehead atoms. The second-order valence-electron chi connectivity index (χ2n) is 9.01. The van der Waals surface area contributed by atoms with Crippen LogP contribution >= 0.6 is 34.8 Å². The van der Waals surface area contributed by atoms with Crippen molar-refractivity contribution in [3.8, 4) is 0 Å². The number of amides is 3. The first-order valence-corrected chi connectivity index (χ1v) is 11.5. The Kier molecular flexibility index (Phi) is 10.4. The van der Waals surface area contributed by atoms with Gasteiger partial charge in [0, 0.05) is 6.54 Å². The molecule has 184 valence electrons. The second kappa shape index (κ2) is 11.6. The third-order valence-corrected chi connectivity index (χ3v) is 4.86. The summed E-state index contributed by atoms with van der Waals surface area (Å²) in [6.45, 7) is 10.0. The highest BCUT2D eigenvalue weighted by Crippen LogP contribution is 2.27. The number of likely N-dealkylation sites (tertiary alicyclic amines) is 1. The molecule has 0 aromatic carbocycles. The highest BCUT2D eigenvalue weighted by molar-refractivity contribution is 6.67. The zero-order chi connectivity index (χ0) is 24.9. The van der Waals surface area contributed by atoms with E-state index >= 15 is 0 Å². The summed E-state index contributed by atoms with van der Waals surface area (Å²) in [5, 5.41) is 5.14. The smallest absolute Gasteiger partial charge is 0.408 e. The van der Waals surface area contributed by atoms with Gasteiger partial charge in [0.1, 0.15) is 30.3 Å². The predicted molar refractivity (Wildman–Crippen MR) is 122 cm³/mol. The first kappa shape index (κ1) is 28.6. The Balaban J connectivity index is 2.76. The van der Waals surface area contributed by atoms with E-state index in [1.165, 1.54) is 11.8 Å². The normalized spacial score (nSPS) is 18.7. The molecule has 1 saturated heterocycles. The molecule has 12 heteroatoms. The van der Waals surface area contributed by atoms with E-state index in [1.54, 1.807) is 34.6 Å². The van der Waals surface area contributed by atoms with Crippen molar-refractivity contribution < 1.29 is 28.7 Å². The topological polar surface area (TPSA) is 114 Å². The van der Waals surface area contributed by atoms with Gasteiger partial charge in [-0.2, -0.15) is 0 Å². The lowest BCUT2D eigenvalue weighted by Crippen LogP contribution is -2.56. The van der Waals surface area contributed by atoms with Gasteiger partial charge < -0.3 is 25.0 Å². The number of halogens is 3. The molecule has 0 spiro atoms. The maximum absolute atomic E-state index is 12.9. The lowest BCUT2D eigenvalue weighted by Gasteiger charge is -2.29. The number of hydrogen-bond donors (Lipinski definition) is 2. The molecule has 3 atom stereocenters.